The minimum Gasteiger partial charge on any atom is -0.358 e. The Kier molecular flexibility index (Phi) is 2.93. The van der Waals surface area contributed by atoms with Crippen molar-refractivity contribution >= 4 is 22.9 Å². The molecule has 0 saturated heterocycles. The van der Waals surface area contributed by atoms with Gasteiger partial charge in [-0.25, -0.2) is 4.98 Å². The average molecular weight is 273 g/mol. The molecule has 3 heterocycles. The lowest BCUT2D eigenvalue weighted by Crippen LogP contribution is -2.14. The van der Waals surface area contributed by atoms with E-state index in [1.54, 1.807) is 19.7 Å². The van der Waals surface area contributed by atoms with Crippen molar-refractivity contribution in [3.8, 4) is 0 Å². The molecule has 1 atom stereocenters. The molecule has 3 rings (SSSR count). The van der Waals surface area contributed by atoms with Gasteiger partial charge in [-0.05, 0) is 6.92 Å². The Bertz CT molecular complexity index is 728. The topological polar surface area (TPSA) is 109 Å². The van der Waals surface area contributed by atoms with Crippen LogP contribution in [0.2, 0.25) is 0 Å². The van der Waals surface area contributed by atoms with Gasteiger partial charge >= 0.3 is 0 Å². The second-order valence-electron chi connectivity index (χ2n) is 4.41. The summed E-state index contributed by atoms with van der Waals surface area (Å²) in [5.74, 6) is 2.01. The molecule has 0 fully saturated rings. The highest BCUT2D eigenvalue weighted by molar-refractivity contribution is 5.83. The van der Waals surface area contributed by atoms with Gasteiger partial charge in [0.05, 0.1) is 12.4 Å². The van der Waals surface area contributed by atoms with Crippen molar-refractivity contribution in [3.63, 3.8) is 0 Å². The normalized spacial score (nSPS) is 12.6. The first kappa shape index (κ1) is 12.3. The maximum absolute atomic E-state index is 4.41. The van der Waals surface area contributed by atoms with Gasteiger partial charge in [0.25, 0.3) is 0 Å². The molecule has 0 saturated carbocycles. The Hall–Kier alpha value is -2.71. The number of fused-ring (bicyclic) bond motifs is 1. The molecule has 0 aromatic carbocycles. The van der Waals surface area contributed by atoms with Gasteiger partial charge in [-0.3, -0.25) is 0 Å². The van der Waals surface area contributed by atoms with Gasteiger partial charge in [0.1, 0.15) is 11.8 Å². The fourth-order valence-electron chi connectivity index (χ4n) is 2.00. The Morgan fingerprint density at radius 2 is 2.20 bits per heavy atom. The maximum atomic E-state index is 4.41. The highest BCUT2D eigenvalue weighted by Crippen LogP contribution is 2.22. The second kappa shape index (κ2) is 4.76. The van der Waals surface area contributed by atoms with E-state index < -0.39 is 0 Å². The van der Waals surface area contributed by atoms with E-state index in [9.17, 15) is 0 Å². The van der Waals surface area contributed by atoms with Crippen LogP contribution in [-0.4, -0.2) is 41.7 Å². The summed E-state index contributed by atoms with van der Waals surface area (Å²) in [4.78, 5) is 15.9. The summed E-state index contributed by atoms with van der Waals surface area (Å²) in [6.45, 7) is 1.99. The Morgan fingerprint density at radius 3 is 2.90 bits per heavy atom. The van der Waals surface area contributed by atoms with Crippen LogP contribution < -0.4 is 10.6 Å². The van der Waals surface area contributed by atoms with E-state index in [0.29, 0.717) is 17.4 Å². The summed E-state index contributed by atoms with van der Waals surface area (Å²) in [5, 5.41) is 14.2. The quantitative estimate of drug-likeness (QED) is 0.641. The molecule has 3 aromatic heterocycles. The monoisotopic (exact) mass is 273 g/mol. The number of imidazole rings is 1. The highest BCUT2D eigenvalue weighted by Gasteiger charge is 2.15. The zero-order chi connectivity index (χ0) is 14.1. The number of H-pyrrole nitrogens is 1. The number of nitrogens with one attached hydrogen (secondary N) is 3. The summed E-state index contributed by atoms with van der Waals surface area (Å²) in [5.41, 5.74) is 1.37. The molecule has 104 valence electrons. The van der Waals surface area contributed by atoms with Crippen molar-refractivity contribution in [1.82, 2.24) is 34.7 Å². The molecule has 0 aliphatic heterocycles. The molecule has 9 nitrogen and oxygen atoms in total. The molecular weight excluding hydrogens is 258 g/mol. The molecular formula is C11H15N9. The van der Waals surface area contributed by atoms with Gasteiger partial charge in [-0.1, -0.05) is 0 Å². The zero-order valence-electron chi connectivity index (χ0n) is 11.4. The predicted molar refractivity (Wildman–Crippen MR) is 74.3 cm³/mol. The summed E-state index contributed by atoms with van der Waals surface area (Å²) in [6, 6.07) is -0.0476. The van der Waals surface area contributed by atoms with Gasteiger partial charge in [0.2, 0.25) is 5.95 Å². The van der Waals surface area contributed by atoms with Gasteiger partial charge in [-0.2, -0.15) is 9.97 Å². The molecule has 0 amide bonds. The molecule has 0 bridgehead atoms. The van der Waals surface area contributed by atoms with Crippen LogP contribution in [0.15, 0.2) is 12.7 Å². The number of rotatable bonds is 4. The Labute approximate surface area is 114 Å². The largest absolute Gasteiger partial charge is 0.358 e. The number of aromatic nitrogens is 7. The predicted octanol–water partition coefficient (Wildman–Crippen LogP) is 0.696. The zero-order valence-corrected chi connectivity index (χ0v) is 11.4. The van der Waals surface area contributed by atoms with Crippen molar-refractivity contribution in [2.75, 3.05) is 17.7 Å². The van der Waals surface area contributed by atoms with Gasteiger partial charge < -0.3 is 20.2 Å². The first-order valence-electron chi connectivity index (χ1n) is 6.18. The second-order valence-corrected chi connectivity index (χ2v) is 4.41. The fraction of sp³-hybridized carbons (Fsp3) is 0.364. The van der Waals surface area contributed by atoms with E-state index >= 15 is 0 Å². The molecule has 1 unspecified atom stereocenters. The average Bonchev–Trinajstić information content (AvgIpc) is 3.06. The minimum atomic E-state index is -0.0476. The van der Waals surface area contributed by atoms with Crippen LogP contribution in [0.25, 0.3) is 11.2 Å². The number of hydrogen-bond donors (Lipinski definition) is 3. The SMILES string of the molecule is CNc1nc(NC(C)c2nncn2C)c2[nH]cnc2n1. The lowest BCUT2D eigenvalue weighted by molar-refractivity contribution is 0.717. The highest BCUT2D eigenvalue weighted by atomic mass is 15.3. The summed E-state index contributed by atoms with van der Waals surface area (Å²) in [7, 11) is 3.67. The van der Waals surface area contributed by atoms with Crippen LogP contribution in [0.4, 0.5) is 11.8 Å². The number of anilines is 2. The fourth-order valence-corrected chi connectivity index (χ4v) is 2.00. The minimum absolute atomic E-state index is 0.0476. The lowest BCUT2D eigenvalue weighted by Gasteiger charge is -2.14. The standard InChI is InChI=1S/C11H15N9/c1-6(10-19-15-5-20(10)3)16-9-7-8(14-4-13-7)17-11(12-2)18-9/h4-6H,1-3H3,(H3,12,13,14,16,17,18). The van der Waals surface area contributed by atoms with Crippen molar-refractivity contribution in [1.29, 1.82) is 0 Å². The van der Waals surface area contributed by atoms with Crippen LogP contribution in [0.5, 0.6) is 0 Å². The molecule has 0 aliphatic carbocycles. The molecule has 0 radical (unpaired) electrons. The van der Waals surface area contributed by atoms with Crippen molar-refractivity contribution in [2.45, 2.75) is 13.0 Å². The number of aryl methyl sites for hydroxylation is 1. The maximum Gasteiger partial charge on any atom is 0.226 e. The van der Waals surface area contributed by atoms with Crippen LogP contribution in [0.3, 0.4) is 0 Å². The van der Waals surface area contributed by atoms with Gasteiger partial charge in [0.15, 0.2) is 17.3 Å². The first-order valence-corrected chi connectivity index (χ1v) is 6.18. The van der Waals surface area contributed by atoms with E-state index in [0.717, 1.165) is 11.3 Å². The number of hydrogen-bond acceptors (Lipinski definition) is 7. The smallest absolute Gasteiger partial charge is 0.226 e. The van der Waals surface area contributed by atoms with E-state index in [2.05, 4.69) is 40.8 Å². The number of nitrogens with zero attached hydrogens (tertiary/aromatic N) is 6. The van der Waals surface area contributed by atoms with Crippen molar-refractivity contribution in [2.24, 2.45) is 7.05 Å². The van der Waals surface area contributed by atoms with Crippen LogP contribution in [0.1, 0.15) is 18.8 Å². The van der Waals surface area contributed by atoms with Crippen LogP contribution >= 0.6 is 0 Å². The van der Waals surface area contributed by atoms with Crippen LogP contribution in [0, 0.1) is 0 Å². The molecule has 20 heavy (non-hydrogen) atoms. The third kappa shape index (κ3) is 2.02. The summed E-state index contributed by atoms with van der Waals surface area (Å²) in [6.07, 6.45) is 3.26. The summed E-state index contributed by atoms with van der Waals surface area (Å²) >= 11 is 0. The lowest BCUT2D eigenvalue weighted by atomic mass is 10.3. The third-order valence-electron chi connectivity index (χ3n) is 3.00. The summed E-state index contributed by atoms with van der Waals surface area (Å²) < 4.78 is 1.86. The van der Waals surface area contributed by atoms with E-state index in [4.69, 9.17) is 0 Å². The van der Waals surface area contributed by atoms with Crippen molar-refractivity contribution < 1.29 is 0 Å². The van der Waals surface area contributed by atoms with Gasteiger partial charge in [0, 0.05) is 14.1 Å². The Balaban J connectivity index is 1.97. The third-order valence-corrected chi connectivity index (χ3v) is 3.00. The molecule has 0 aliphatic rings. The van der Waals surface area contributed by atoms with E-state index in [1.165, 1.54) is 0 Å². The van der Waals surface area contributed by atoms with Crippen molar-refractivity contribution in [3.05, 3.63) is 18.5 Å². The van der Waals surface area contributed by atoms with E-state index in [-0.39, 0.29) is 6.04 Å². The molecule has 0 spiro atoms. The number of aromatic amines is 1. The van der Waals surface area contributed by atoms with Crippen LogP contribution in [-0.2, 0) is 7.05 Å². The molecule has 9 heteroatoms. The first-order chi connectivity index (χ1) is 9.69. The molecule has 3 aromatic rings. The molecule has 3 N–H and O–H groups in total. The Morgan fingerprint density at radius 1 is 1.35 bits per heavy atom. The van der Waals surface area contributed by atoms with E-state index in [1.807, 2.05) is 18.5 Å². The van der Waals surface area contributed by atoms with Gasteiger partial charge in [-0.15, -0.1) is 10.2 Å².